The smallest absolute Gasteiger partial charge is 0.319 e. The maximum Gasteiger partial charge on any atom is 0.319 e. The summed E-state index contributed by atoms with van der Waals surface area (Å²) in [7, 11) is 0. The number of aromatic nitrogens is 1. The maximum atomic E-state index is 11.1. The van der Waals surface area contributed by atoms with Crippen LogP contribution in [0, 0.1) is 10.1 Å². The molecule has 1 aromatic carbocycles. The van der Waals surface area contributed by atoms with E-state index in [1.807, 2.05) is 0 Å². The van der Waals surface area contributed by atoms with Crippen molar-refractivity contribution in [3.05, 3.63) is 27.8 Å². The Balaban J connectivity index is 2.19. The van der Waals surface area contributed by atoms with E-state index < -0.39 is 4.92 Å². The molecule has 2 rings (SSSR count). The summed E-state index contributed by atoms with van der Waals surface area (Å²) in [5.74, 6) is -0.133. The van der Waals surface area contributed by atoms with Gasteiger partial charge in [-0.3, -0.25) is 14.9 Å². The highest BCUT2D eigenvalue weighted by Crippen LogP contribution is 2.34. The van der Waals surface area contributed by atoms with Gasteiger partial charge in [0.15, 0.2) is 5.52 Å². The minimum atomic E-state index is -0.442. The molecule has 0 aliphatic rings. The van der Waals surface area contributed by atoms with Gasteiger partial charge in [-0.25, -0.2) is 4.98 Å². The molecule has 0 bridgehead atoms. The molecule has 1 aromatic heterocycles. The predicted molar refractivity (Wildman–Crippen MR) is 73.4 cm³/mol. The van der Waals surface area contributed by atoms with Crippen LogP contribution in [0.2, 0.25) is 0 Å². The number of nitrogens with one attached hydrogen (secondary N) is 2. The average Bonchev–Trinajstić information content (AvgIpc) is 2.81. The topological polar surface area (TPSA) is 97.2 Å². The number of nitro benzene ring substituents is 1. The van der Waals surface area contributed by atoms with Gasteiger partial charge in [-0.2, -0.15) is 0 Å². The molecule has 0 saturated carbocycles. The Morgan fingerprint density at radius 1 is 1.47 bits per heavy atom. The summed E-state index contributed by atoms with van der Waals surface area (Å²) in [4.78, 5) is 25.4. The Labute approximate surface area is 112 Å². The molecule has 100 valence electrons. The molecule has 0 saturated heterocycles. The van der Waals surface area contributed by atoms with E-state index in [0.29, 0.717) is 24.3 Å². The molecule has 1 amide bonds. The number of benzene rings is 1. The fourth-order valence-corrected chi connectivity index (χ4v) is 2.36. The summed E-state index contributed by atoms with van der Waals surface area (Å²) in [5.41, 5.74) is 2.36. The van der Waals surface area contributed by atoms with Gasteiger partial charge >= 0.3 is 5.69 Å². The van der Waals surface area contributed by atoms with Crippen LogP contribution in [-0.4, -0.2) is 28.9 Å². The van der Waals surface area contributed by atoms with Gasteiger partial charge in [0.05, 0.1) is 15.1 Å². The van der Waals surface area contributed by atoms with Crippen LogP contribution in [0.1, 0.15) is 6.92 Å². The Morgan fingerprint density at radius 2 is 2.26 bits per heavy atom. The maximum absolute atomic E-state index is 11.1. The minimum absolute atomic E-state index is 0.0263. The van der Waals surface area contributed by atoms with Gasteiger partial charge in [-0.1, -0.05) is 0 Å². The van der Waals surface area contributed by atoms with E-state index in [4.69, 9.17) is 0 Å². The molecule has 0 spiro atoms. The number of hydrogen-bond acceptors (Lipinski definition) is 6. The monoisotopic (exact) mass is 280 g/mol. The minimum Gasteiger partial charge on any atom is -0.378 e. The number of fused-ring (bicyclic) bond motifs is 1. The molecular formula is C11H12N4O3S. The zero-order chi connectivity index (χ0) is 13.8. The van der Waals surface area contributed by atoms with Crippen LogP contribution in [0.5, 0.6) is 0 Å². The number of carbonyl (C=O) groups is 1. The van der Waals surface area contributed by atoms with Crippen molar-refractivity contribution >= 4 is 38.8 Å². The van der Waals surface area contributed by atoms with Gasteiger partial charge in [0, 0.05) is 20.0 Å². The van der Waals surface area contributed by atoms with Crippen LogP contribution in [0.3, 0.4) is 0 Å². The van der Waals surface area contributed by atoms with Crippen molar-refractivity contribution in [3.8, 4) is 0 Å². The van der Waals surface area contributed by atoms with Crippen molar-refractivity contribution in [2.75, 3.05) is 18.4 Å². The Hall–Kier alpha value is -2.22. The molecule has 0 unspecified atom stereocenters. The van der Waals surface area contributed by atoms with E-state index in [1.54, 1.807) is 17.6 Å². The number of anilines is 1. The van der Waals surface area contributed by atoms with Crippen molar-refractivity contribution < 1.29 is 9.72 Å². The Morgan fingerprint density at radius 3 is 2.95 bits per heavy atom. The van der Waals surface area contributed by atoms with Crippen LogP contribution < -0.4 is 10.6 Å². The lowest BCUT2D eigenvalue weighted by molar-refractivity contribution is -0.382. The third-order valence-electron chi connectivity index (χ3n) is 2.47. The van der Waals surface area contributed by atoms with Crippen LogP contribution in [0.15, 0.2) is 17.6 Å². The summed E-state index contributed by atoms with van der Waals surface area (Å²) in [6.07, 6.45) is 0. The number of hydrogen-bond donors (Lipinski definition) is 2. The molecule has 2 aromatic rings. The van der Waals surface area contributed by atoms with E-state index >= 15 is 0 Å². The molecule has 1 heterocycles. The van der Waals surface area contributed by atoms with Crippen molar-refractivity contribution in [3.63, 3.8) is 0 Å². The zero-order valence-corrected chi connectivity index (χ0v) is 11.0. The van der Waals surface area contributed by atoms with Crippen LogP contribution >= 0.6 is 11.3 Å². The molecule has 8 heteroatoms. The highest BCUT2D eigenvalue weighted by atomic mass is 32.1. The highest BCUT2D eigenvalue weighted by Gasteiger charge is 2.20. The number of thiazole rings is 1. The summed E-state index contributed by atoms with van der Waals surface area (Å²) < 4.78 is 0.777. The van der Waals surface area contributed by atoms with Crippen LogP contribution in [0.4, 0.5) is 11.4 Å². The number of nitrogens with zero attached hydrogens (tertiary/aromatic N) is 2. The number of nitro groups is 1. The van der Waals surface area contributed by atoms with Crippen molar-refractivity contribution in [2.45, 2.75) is 6.92 Å². The van der Waals surface area contributed by atoms with E-state index in [-0.39, 0.29) is 11.6 Å². The fraction of sp³-hybridized carbons (Fsp3) is 0.273. The van der Waals surface area contributed by atoms with Gasteiger partial charge in [0.2, 0.25) is 5.91 Å². The molecule has 0 atom stereocenters. The molecule has 0 fully saturated rings. The molecular weight excluding hydrogens is 268 g/mol. The highest BCUT2D eigenvalue weighted by molar-refractivity contribution is 7.16. The number of rotatable bonds is 5. The van der Waals surface area contributed by atoms with Gasteiger partial charge in [0.25, 0.3) is 0 Å². The van der Waals surface area contributed by atoms with Crippen molar-refractivity contribution in [1.29, 1.82) is 0 Å². The lowest BCUT2D eigenvalue weighted by Crippen LogP contribution is -2.26. The zero-order valence-electron chi connectivity index (χ0n) is 10.2. The number of carbonyl (C=O) groups excluding carboxylic acids is 1. The average molecular weight is 280 g/mol. The Bertz CT molecular complexity index is 625. The number of amides is 1. The van der Waals surface area contributed by atoms with Gasteiger partial charge in [-0.05, 0) is 12.1 Å². The van der Waals surface area contributed by atoms with Gasteiger partial charge in [0.1, 0.15) is 5.69 Å². The summed E-state index contributed by atoms with van der Waals surface area (Å²) in [6.45, 7) is 2.24. The fourth-order valence-electron chi connectivity index (χ4n) is 1.68. The first-order chi connectivity index (χ1) is 9.09. The van der Waals surface area contributed by atoms with Crippen LogP contribution in [-0.2, 0) is 4.79 Å². The second-order valence-electron chi connectivity index (χ2n) is 3.83. The first-order valence-corrected chi connectivity index (χ1v) is 6.46. The summed E-state index contributed by atoms with van der Waals surface area (Å²) in [5, 5.41) is 16.7. The first kappa shape index (κ1) is 13.2. The molecule has 0 aliphatic carbocycles. The summed E-state index contributed by atoms with van der Waals surface area (Å²) in [6, 6.07) is 3.45. The third kappa shape index (κ3) is 2.97. The predicted octanol–water partition coefficient (Wildman–Crippen LogP) is 1.75. The van der Waals surface area contributed by atoms with Crippen LogP contribution in [0.25, 0.3) is 10.2 Å². The van der Waals surface area contributed by atoms with E-state index in [2.05, 4.69) is 15.6 Å². The van der Waals surface area contributed by atoms with Gasteiger partial charge in [-0.15, -0.1) is 11.3 Å². The molecule has 0 aliphatic heterocycles. The quantitative estimate of drug-likeness (QED) is 0.494. The molecule has 7 nitrogen and oxygen atoms in total. The SMILES string of the molecule is CC(=O)NCCNc1ccc2scnc2c1[N+](=O)[O-]. The lowest BCUT2D eigenvalue weighted by Gasteiger charge is -2.07. The first-order valence-electron chi connectivity index (χ1n) is 5.58. The second-order valence-corrected chi connectivity index (χ2v) is 4.71. The molecule has 0 radical (unpaired) electrons. The second kappa shape index (κ2) is 5.61. The van der Waals surface area contributed by atoms with Gasteiger partial charge < -0.3 is 10.6 Å². The molecule has 2 N–H and O–H groups in total. The standard InChI is InChI=1S/C11H12N4O3S/c1-7(16)12-4-5-13-8-2-3-9-10(14-6-19-9)11(8)15(17)18/h2-3,6,13H,4-5H2,1H3,(H,12,16). The third-order valence-corrected chi connectivity index (χ3v) is 3.27. The summed E-state index contributed by atoms with van der Waals surface area (Å²) >= 11 is 1.36. The van der Waals surface area contributed by atoms with Crippen molar-refractivity contribution in [2.24, 2.45) is 0 Å². The normalized spacial score (nSPS) is 10.4. The largest absolute Gasteiger partial charge is 0.378 e. The lowest BCUT2D eigenvalue weighted by atomic mass is 10.2. The molecule has 19 heavy (non-hydrogen) atoms. The van der Waals surface area contributed by atoms with E-state index in [9.17, 15) is 14.9 Å². The van der Waals surface area contributed by atoms with Crippen molar-refractivity contribution in [1.82, 2.24) is 10.3 Å². The van der Waals surface area contributed by atoms with E-state index in [1.165, 1.54) is 18.3 Å². The van der Waals surface area contributed by atoms with E-state index in [0.717, 1.165) is 4.70 Å². The Kier molecular flexibility index (Phi) is 3.91.